The normalized spacial score (nSPS) is 10.8. The molecule has 1 N–H and O–H groups in total. The molecule has 3 rings (SSSR count). The molecule has 3 aromatic rings. The molecule has 100 valence electrons. The number of carbonyl (C=O) groups is 1. The molecule has 1 aromatic carbocycles. The fourth-order valence-electron chi connectivity index (χ4n) is 1.88. The molecule has 0 atom stereocenters. The molecule has 0 amide bonds. The van der Waals surface area contributed by atoms with Crippen LogP contribution in [0.5, 0.6) is 0 Å². The summed E-state index contributed by atoms with van der Waals surface area (Å²) in [6.07, 6.45) is 1.36. The highest BCUT2D eigenvalue weighted by atomic mass is 79.9. The minimum Gasteiger partial charge on any atom is -0.459 e. The Morgan fingerprint density at radius 2 is 2.15 bits per heavy atom. The highest BCUT2D eigenvalue weighted by Crippen LogP contribution is 2.15. The van der Waals surface area contributed by atoms with Gasteiger partial charge in [0.05, 0.1) is 17.2 Å². The van der Waals surface area contributed by atoms with Crippen LogP contribution in [0.1, 0.15) is 10.6 Å². The number of benzene rings is 1. The van der Waals surface area contributed by atoms with Crippen molar-refractivity contribution in [3.63, 3.8) is 0 Å². The van der Waals surface area contributed by atoms with Crippen molar-refractivity contribution in [2.24, 2.45) is 0 Å². The smallest absolute Gasteiger partial charge is 0.302 e. The molecule has 0 aliphatic rings. The number of H-pyrrole nitrogens is 1. The zero-order valence-electron chi connectivity index (χ0n) is 9.92. The quantitative estimate of drug-likeness (QED) is 0.684. The number of nitrogens with one attached hydrogen (secondary N) is 1. The van der Waals surface area contributed by atoms with Gasteiger partial charge in [-0.25, -0.2) is 4.57 Å². The Balaban J connectivity index is 2.34. The Hall–Kier alpha value is -1.99. The number of halogens is 1. The van der Waals surface area contributed by atoms with Gasteiger partial charge in [0.2, 0.25) is 0 Å². The number of fused-ring (bicyclic) bond motifs is 1. The van der Waals surface area contributed by atoms with Gasteiger partial charge in [-0.15, -0.1) is 0 Å². The van der Waals surface area contributed by atoms with Crippen LogP contribution in [0.4, 0.5) is 0 Å². The Bertz CT molecular complexity index is 925. The summed E-state index contributed by atoms with van der Waals surface area (Å²) in [5.41, 5.74) is 0.0955. The number of rotatable bonds is 1. The molecule has 0 aliphatic heterocycles. The number of carbonyl (C=O) groups excluding carboxylic acids is 1. The first kappa shape index (κ1) is 13.0. The Kier molecular flexibility index (Phi) is 3.15. The second-order valence-electron chi connectivity index (χ2n) is 4.04. The van der Waals surface area contributed by atoms with E-state index in [0.717, 1.165) is 9.04 Å². The van der Waals surface area contributed by atoms with Crippen LogP contribution in [0, 0.1) is 4.77 Å². The van der Waals surface area contributed by atoms with Gasteiger partial charge in [0, 0.05) is 4.47 Å². The average Bonchev–Trinajstić information content (AvgIpc) is 2.93. The Morgan fingerprint density at radius 1 is 1.35 bits per heavy atom. The van der Waals surface area contributed by atoms with Gasteiger partial charge in [-0.3, -0.25) is 9.59 Å². The molecule has 2 aromatic heterocycles. The third kappa shape index (κ3) is 2.04. The van der Waals surface area contributed by atoms with Gasteiger partial charge < -0.3 is 9.40 Å². The molecule has 5 nitrogen and oxygen atoms in total. The van der Waals surface area contributed by atoms with E-state index in [2.05, 4.69) is 20.9 Å². The van der Waals surface area contributed by atoms with Crippen LogP contribution in [0.15, 0.2) is 50.3 Å². The first-order valence-corrected chi connectivity index (χ1v) is 6.81. The second-order valence-corrected chi connectivity index (χ2v) is 5.35. The first-order chi connectivity index (χ1) is 9.58. The monoisotopic (exact) mass is 350 g/mol. The summed E-state index contributed by atoms with van der Waals surface area (Å²) >= 11 is 8.38. The zero-order chi connectivity index (χ0) is 14.3. The SMILES string of the molecule is O=C(c1ccco1)n1c(=S)[nH]c2ccc(Br)cc2c1=O. The maximum atomic E-state index is 12.4. The Labute approximate surface area is 126 Å². The van der Waals surface area contributed by atoms with E-state index in [-0.39, 0.29) is 10.5 Å². The van der Waals surface area contributed by atoms with E-state index in [4.69, 9.17) is 16.6 Å². The van der Waals surface area contributed by atoms with E-state index < -0.39 is 11.5 Å². The molecule has 0 bridgehead atoms. The van der Waals surface area contributed by atoms with Crippen molar-refractivity contribution in [1.29, 1.82) is 0 Å². The topological polar surface area (TPSA) is 68.0 Å². The Morgan fingerprint density at radius 3 is 2.85 bits per heavy atom. The highest BCUT2D eigenvalue weighted by molar-refractivity contribution is 9.10. The maximum Gasteiger partial charge on any atom is 0.302 e. The zero-order valence-corrected chi connectivity index (χ0v) is 12.3. The molecular formula is C13H7BrN2O3S. The van der Waals surface area contributed by atoms with Crippen LogP contribution < -0.4 is 5.56 Å². The summed E-state index contributed by atoms with van der Waals surface area (Å²) in [5, 5.41) is 0.368. The standard InChI is InChI=1S/C13H7BrN2O3S/c14-7-3-4-9-8(6-7)11(17)16(13(20)15-9)12(18)10-2-1-5-19-10/h1-6H,(H,15,20). The molecule has 0 spiro atoms. The van der Waals surface area contributed by atoms with Crippen LogP contribution >= 0.6 is 28.1 Å². The summed E-state index contributed by atoms with van der Waals surface area (Å²) in [6.45, 7) is 0. The van der Waals surface area contributed by atoms with Gasteiger partial charge in [0.15, 0.2) is 10.5 Å². The largest absolute Gasteiger partial charge is 0.459 e. The molecule has 0 saturated heterocycles. The molecular weight excluding hydrogens is 344 g/mol. The molecule has 0 aliphatic carbocycles. The lowest BCUT2D eigenvalue weighted by Crippen LogP contribution is -2.28. The van der Waals surface area contributed by atoms with Gasteiger partial charge in [0.1, 0.15) is 0 Å². The van der Waals surface area contributed by atoms with Gasteiger partial charge in [-0.05, 0) is 42.5 Å². The molecule has 0 unspecified atom stereocenters. The van der Waals surface area contributed by atoms with E-state index >= 15 is 0 Å². The van der Waals surface area contributed by atoms with Crippen LogP contribution in [0.25, 0.3) is 10.9 Å². The first-order valence-electron chi connectivity index (χ1n) is 5.61. The second kappa shape index (κ2) is 4.84. The number of aromatic nitrogens is 2. The minimum atomic E-state index is -0.594. The van der Waals surface area contributed by atoms with E-state index in [9.17, 15) is 9.59 Å². The molecule has 7 heteroatoms. The lowest BCUT2D eigenvalue weighted by atomic mass is 10.2. The number of aromatic amines is 1. The summed E-state index contributed by atoms with van der Waals surface area (Å²) in [6, 6.07) is 8.19. The third-order valence-electron chi connectivity index (χ3n) is 2.79. The summed E-state index contributed by atoms with van der Waals surface area (Å²) in [7, 11) is 0. The molecule has 0 saturated carbocycles. The molecule has 0 radical (unpaired) electrons. The summed E-state index contributed by atoms with van der Waals surface area (Å²) in [5.74, 6) is -0.538. The van der Waals surface area contributed by atoms with E-state index in [1.807, 2.05) is 0 Å². The van der Waals surface area contributed by atoms with Crippen LogP contribution in [-0.4, -0.2) is 15.5 Å². The predicted octanol–water partition coefficient (Wildman–Crippen LogP) is 3.10. The van der Waals surface area contributed by atoms with Crippen molar-refractivity contribution in [3.8, 4) is 0 Å². The number of furan rings is 1. The van der Waals surface area contributed by atoms with E-state index in [1.54, 1.807) is 24.3 Å². The number of hydrogen-bond acceptors (Lipinski definition) is 4. The summed E-state index contributed by atoms with van der Waals surface area (Å²) in [4.78, 5) is 27.5. The van der Waals surface area contributed by atoms with E-state index in [0.29, 0.717) is 10.9 Å². The lowest BCUT2D eigenvalue weighted by Gasteiger charge is -2.05. The lowest BCUT2D eigenvalue weighted by molar-refractivity contribution is 0.0926. The van der Waals surface area contributed by atoms with Gasteiger partial charge in [-0.1, -0.05) is 15.9 Å². The van der Waals surface area contributed by atoms with Gasteiger partial charge in [-0.2, -0.15) is 0 Å². The van der Waals surface area contributed by atoms with E-state index in [1.165, 1.54) is 12.3 Å². The molecule has 20 heavy (non-hydrogen) atoms. The number of nitrogens with zero attached hydrogens (tertiary/aromatic N) is 1. The fourth-order valence-corrected chi connectivity index (χ4v) is 2.52. The van der Waals surface area contributed by atoms with Crippen LogP contribution in [-0.2, 0) is 0 Å². The van der Waals surface area contributed by atoms with Gasteiger partial charge >= 0.3 is 5.91 Å². The van der Waals surface area contributed by atoms with Crippen LogP contribution in [0.3, 0.4) is 0 Å². The average molecular weight is 351 g/mol. The maximum absolute atomic E-state index is 12.4. The van der Waals surface area contributed by atoms with Crippen molar-refractivity contribution in [1.82, 2.24) is 9.55 Å². The fraction of sp³-hybridized carbons (Fsp3) is 0. The minimum absolute atomic E-state index is 0.0335. The molecule has 0 fully saturated rings. The van der Waals surface area contributed by atoms with Gasteiger partial charge in [0.25, 0.3) is 5.56 Å². The molecule has 2 heterocycles. The van der Waals surface area contributed by atoms with Crippen LogP contribution in [0.2, 0.25) is 0 Å². The van der Waals surface area contributed by atoms with Crippen molar-refractivity contribution in [2.45, 2.75) is 0 Å². The van der Waals surface area contributed by atoms with Crippen molar-refractivity contribution < 1.29 is 9.21 Å². The van der Waals surface area contributed by atoms with Crippen molar-refractivity contribution in [2.75, 3.05) is 0 Å². The van der Waals surface area contributed by atoms with Crippen molar-refractivity contribution >= 4 is 45.0 Å². The van der Waals surface area contributed by atoms with Crippen molar-refractivity contribution in [3.05, 3.63) is 62.0 Å². The summed E-state index contributed by atoms with van der Waals surface area (Å²) < 4.78 is 6.68. The third-order valence-corrected chi connectivity index (χ3v) is 3.57. The highest BCUT2D eigenvalue weighted by Gasteiger charge is 2.16. The number of hydrogen-bond donors (Lipinski definition) is 1. The predicted molar refractivity (Wildman–Crippen MR) is 79.5 cm³/mol.